The zero-order valence-electron chi connectivity index (χ0n) is 9.67. The number of esters is 1. The fraction of sp³-hybridized carbons (Fsp3) is 0.143. The van der Waals surface area contributed by atoms with E-state index in [1.54, 1.807) is 18.5 Å². The van der Waals surface area contributed by atoms with Crippen LogP contribution >= 0.6 is 11.6 Å². The Kier molecular flexibility index (Phi) is 4.31. The first kappa shape index (κ1) is 12.6. The van der Waals surface area contributed by atoms with E-state index in [9.17, 15) is 4.79 Å². The van der Waals surface area contributed by atoms with Gasteiger partial charge in [-0.25, -0.2) is 0 Å². The van der Waals surface area contributed by atoms with Crippen molar-refractivity contribution >= 4 is 17.6 Å². The van der Waals surface area contributed by atoms with Gasteiger partial charge in [0.25, 0.3) is 0 Å². The van der Waals surface area contributed by atoms with E-state index in [2.05, 4.69) is 4.98 Å². The lowest BCUT2D eigenvalue weighted by atomic mass is 10.2. The van der Waals surface area contributed by atoms with Crippen LogP contribution < -0.4 is 0 Å². The number of pyridine rings is 1. The van der Waals surface area contributed by atoms with Crippen LogP contribution in [0.3, 0.4) is 0 Å². The molecule has 3 nitrogen and oxygen atoms in total. The van der Waals surface area contributed by atoms with Gasteiger partial charge in [0, 0.05) is 23.0 Å². The third-order valence-corrected chi connectivity index (χ3v) is 2.79. The van der Waals surface area contributed by atoms with E-state index in [1.807, 2.05) is 30.3 Å². The summed E-state index contributed by atoms with van der Waals surface area (Å²) < 4.78 is 5.16. The fourth-order valence-electron chi connectivity index (χ4n) is 1.48. The molecule has 0 saturated carbocycles. The first-order chi connectivity index (χ1) is 8.75. The number of carbonyl (C=O) groups excluding carboxylic acids is 1. The van der Waals surface area contributed by atoms with Gasteiger partial charge < -0.3 is 4.74 Å². The number of aromatic nitrogens is 1. The first-order valence-corrected chi connectivity index (χ1v) is 5.91. The fourth-order valence-corrected chi connectivity index (χ4v) is 1.66. The summed E-state index contributed by atoms with van der Waals surface area (Å²) in [7, 11) is 0. The molecule has 0 amide bonds. The molecule has 0 aliphatic rings. The Labute approximate surface area is 110 Å². The van der Waals surface area contributed by atoms with Gasteiger partial charge in [0.05, 0.1) is 6.42 Å². The highest BCUT2D eigenvalue weighted by molar-refractivity contribution is 6.31. The summed E-state index contributed by atoms with van der Waals surface area (Å²) in [6, 6.07) is 11.2. The molecule has 2 rings (SSSR count). The standard InChI is InChI=1S/C14H12ClNO2/c15-13-6-7-16-9-12(13)8-14(17)18-10-11-4-2-1-3-5-11/h1-7,9H,8,10H2. The average molecular weight is 262 g/mol. The van der Waals surface area contributed by atoms with Crippen LogP contribution in [0.25, 0.3) is 0 Å². The second-order valence-corrected chi connectivity index (χ2v) is 4.20. The molecule has 1 aromatic heterocycles. The van der Waals surface area contributed by atoms with E-state index in [4.69, 9.17) is 16.3 Å². The van der Waals surface area contributed by atoms with Gasteiger partial charge in [-0.2, -0.15) is 0 Å². The number of ether oxygens (including phenoxy) is 1. The molecule has 0 spiro atoms. The summed E-state index contributed by atoms with van der Waals surface area (Å²) in [4.78, 5) is 15.6. The van der Waals surface area contributed by atoms with Gasteiger partial charge in [-0.3, -0.25) is 9.78 Å². The average Bonchev–Trinajstić information content (AvgIpc) is 2.40. The molecule has 4 heteroatoms. The van der Waals surface area contributed by atoms with Crippen LogP contribution in [-0.2, 0) is 22.6 Å². The van der Waals surface area contributed by atoms with Gasteiger partial charge in [-0.15, -0.1) is 0 Å². The van der Waals surface area contributed by atoms with Crippen molar-refractivity contribution in [3.05, 3.63) is 64.9 Å². The number of rotatable bonds is 4. The summed E-state index contributed by atoms with van der Waals surface area (Å²) in [5.74, 6) is -0.311. The van der Waals surface area contributed by atoms with Crippen molar-refractivity contribution in [3.63, 3.8) is 0 Å². The molecule has 92 valence electrons. The number of benzene rings is 1. The number of nitrogens with zero attached hydrogens (tertiary/aromatic N) is 1. The highest BCUT2D eigenvalue weighted by Gasteiger charge is 2.08. The van der Waals surface area contributed by atoms with Crippen LogP contribution in [-0.4, -0.2) is 11.0 Å². The molecule has 1 heterocycles. The van der Waals surface area contributed by atoms with Crippen molar-refractivity contribution in [2.45, 2.75) is 13.0 Å². The van der Waals surface area contributed by atoms with Gasteiger partial charge >= 0.3 is 5.97 Å². The predicted octanol–water partition coefficient (Wildman–Crippen LogP) is 3.02. The minimum absolute atomic E-state index is 0.138. The van der Waals surface area contributed by atoms with Crippen molar-refractivity contribution in [2.24, 2.45) is 0 Å². The SMILES string of the molecule is O=C(Cc1cnccc1Cl)OCc1ccccc1. The molecule has 18 heavy (non-hydrogen) atoms. The smallest absolute Gasteiger partial charge is 0.310 e. The Morgan fingerprint density at radius 3 is 2.72 bits per heavy atom. The largest absolute Gasteiger partial charge is 0.461 e. The molecule has 2 aromatic rings. The maximum absolute atomic E-state index is 11.6. The van der Waals surface area contributed by atoms with Gasteiger partial charge in [0.1, 0.15) is 6.61 Å². The van der Waals surface area contributed by atoms with Crippen LogP contribution in [0.1, 0.15) is 11.1 Å². The molecule has 0 radical (unpaired) electrons. The van der Waals surface area contributed by atoms with Gasteiger partial charge in [0.15, 0.2) is 0 Å². The molecule has 0 atom stereocenters. The summed E-state index contributed by atoms with van der Waals surface area (Å²) in [5.41, 5.74) is 1.64. The Morgan fingerprint density at radius 2 is 2.00 bits per heavy atom. The lowest BCUT2D eigenvalue weighted by Crippen LogP contribution is -2.08. The third-order valence-electron chi connectivity index (χ3n) is 2.42. The minimum atomic E-state index is -0.311. The van der Waals surface area contributed by atoms with Crippen LogP contribution in [0.5, 0.6) is 0 Å². The van der Waals surface area contributed by atoms with E-state index in [0.717, 1.165) is 5.56 Å². The van der Waals surface area contributed by atoms with Crippen molar-refractivity contribution < 1.29 is 9.53 Å². The monoisotopic (exact) mass is 261 g/mol. The highest BCUT2D eigenvalue weighted by atomic mass is 35.5. The lowest BCUT2D eigenvalue weighted by molar-refractivity contribution is -0.144. The number of hydrogen-bond acceptors (Lipinski definition) is 3. The van der Waals surface area contributed by atoms with Gasteiger partial charge in [-0.1, -0.05) is 41.9 Å². The molecule has 0 N–H and O–H groups in total. The van der Waals surface area contributed by atoms with Crippen molar-refractivity contribution in [1.29, 1.82) is 0 Å². The van der Waals surface area contributed by atoms with Gasteiger partial charge in [-0.05, 0) is 11.6 Å². The zero-order chi connectivity index (χ0) is 12.8. The number of carbonyl (C=O) groups is 1. The molecular formula is C14H12ClNO2. The van der Waals surface area contributed by atoms with Crippen LogP contribution in [0.15, 0.2) is 48.8 Å². The van der Waals surface area contributed by atoms with Crippen molar-refractivity contribution in [3.8, 4) is 0 Å². The highest BCUT2D eigenvalue weighted by Crippen LogP contribution is 2.14. The minimum Gasteiger partial charge on any atom is -0.461 e. The molecule has 0 aliphatic carbocycles. The summed E-state index contributed by atoms with van der Waals surface area (Å²) in [5, 5.41) is 0.529. The van der Waals surface area contributed by atoms with Crippen LogP contribution in [0.2, 0.25) is 5.02 Å². The lowest BCUT2D eigenvalue weighted by Gasteiger charge is -2.05. The normalized spacial score (nSPS) is 10.1. The van der Waals surface area contributed by atoms with Crippen LogP contribution in [0, 0.1) is 0 Å². The molecule has 0 saturated heterocycles. The summed E-state index contributed by atoms with van der Waals surface area (Å²) in [6.45, 7) is 0.275. The number of halogens is 1. The molecule has 0 aliphatic heterocycles. The van der Waals surface area contributed by atoms with Gasteiger partial charge in [0.2, 0.25) is 0 Å². The van der Waals surface area contributed by atoms with E-state index < -0.39 is 0 Å². The maximum Gasteiger partial charge on any atom is 0.310 e. The Bertz CT molecular complexity index is 528. The molecule has 0 unspecified atom stereocenters. The van der Waals surface area contributed by atoms with Crippen LogP contribution in [0.4, 0.5) is 0 Å². The van der Waals surface area contributed by atoms with E-state index in [1.165, 1.54) is 0 Å². The zero-order valence-corrected chi connectivity index (χ0v) is 10.4. The Hall–Kier alpha value is -1.87. The van der Waals surface area contributed by atoms with E-state index in [-0.39, 0.29) is 19.0 Å². The summed E-state index contributed by atoms with van der Waals surface area (Å²) >= 11 is 5.94. The molecule has 1 aromatic carbocycles. The predicted molar refractivity (Wildman–Crippen MR) is 69.2 cm³/mol. The quantitative estimate of drug-likeness (QED) is 0.794. The second kappa shape index (κ2) is 6.17. The van der Waals surface area contributed by atoms with Crippen molar-refractivity contribution in [1.82, 2.24) is 4.98 Å². The third kappa shape index (κ3) is 3.57. The maximum atomic E-state index is 11.6. The first-order valence-electron chi connectivity index (χ1n) is 5.53. The Morgan fingerprint density at radius 1 is 1.22 bits per heavy atom. The molecule has 0 bridgehead atoms. The van der Waals surface area contributed by atoms with E-state index in [0.29, 0.717) is 10.6 Å². The topological polar surface area (TPSA) is 39.2 Å². The molecule has 0 fully saturated rings. The molecular weight excluding hydrogens is 250 g/mol. The number of hydrogen-bond donors (Lipinski definition) is 0. The Balaban J connectivity index is 1.88. The summed E-state index contributed by atoms with van der Waals surface area (Å²) in [6.07, 6.45) is 3.30. The second-order valence-electron chi connectivity index (χ2n) is 3.79. The van der Waals surface area contributed by atoms with E-state index >= 15 is 0 Å². The van der Waals surface area contributed by atoms with Crippen molar-refractivity contribution in [2.75, 3.05) is 0 Å².